The Hall–Kier alpha value is -3.53. The molecule has 8 nitrogen and oxygen atoms in total. The monoisotopic (exact) mass is 471 g/mol. The number of nitrogens with zero attached hydrogens (tertiary/aromatic N) is 1. The molecule has 0 spiro atoms. The van der Waals surface area contributed by atoms with Crippen molar-refractivity contribution < 1.29 is 23.4 Å². The number of H-pyrrole nitrogens is 1. The molecule has 2 heterocycles. The van der Waals surface area contributed by atoms with E-state index in [1.807, 2.05) is 0 Å². The summed E-state index contributed by atoms with van der Waals surface area (Å²) in [4.78, 5) is 32.7. The number of aromatic amines is 1. The highest BCUT2D eigenvalue weighted by molar-refractivity contribution is 7.98. The fourth-order valence-electron chi connectivity index (χ4n) is 3.77. The van der Waals surface area contributed by atoms with Crippen molar-refractivity contribution in [2.75, 3.05) is 26.6 Å². The highest BCUT2D eigenvalue weighted by Crippen LogP contribution is 2.43. The summed E-state index contributed by atoms with van der Waals surface area (Å²) in [6, 6.07) is 9.83. The first kappa shape index (κ1) is 22.7. The molecule has 172 valence electrons. The largest absolute Gasteiger partial charge is 0.493 e. The van der Waals surface area contributed by atoms with Gasteiger partial charge < -0.3 is 24.5 Å². The van der Waals surface area contributed by atoms with E-state index in [4.69, 9.17) is 14.2 Å². The minimum absolute atomic E-state index is 0.0537. The second-order valence-corrected chi connectivity index (χ2v) is 8.24. The second-order valence-electron chi connectivity index (χ2n) is 7.28. The van der Waals surface area contributed by atoms with E-state index in [0.717, 1.165) is 0 Å². The van der Waals surface area contributed by atoms with E-state index in [0.29, 0.717) is 33.9 Å². The number of methoxy groups -OCH3 is 3. The molecule has 0 saturated carbocycles. The van der Waals surface area contributed by atoms with Crippen molar-refractivity contribution in [1.82, 2.24) is 9.97 Å². The van der Waals surface area contributed by atoms with Gasteiger partial charge in [0.2, 0.25) is 11.7 Å². The number of hydrogen-bond donors (Lipinski definition) is 2. The summed E-state index contributed by atoms with van der Waals surface area (Å²) in [5.41, 5.74) is 1.09. The van der Waals surface area contributed by atoms with Gasteiger partial charge in [0.25, 0.3) is 5.56 Å². The van der Waals surface area contributed by atoms with Crippen LogP contribution in [-0.4, -0.2) is 37.2 Å². The van der Waals surface area contributed by atoms with Gasteiger partial charge in [-0.05, 0) is 29.3 Å². The topological polar surface area (TPSA) is 103 Å². The standard InChI is InChI=1S/C23H22FN3O5S/c1-30-16-8-13(9-17(31-2)20(16)32-3)14-10-18(28)25-21-19(14)22(29)27-23(26-21)33-11-12-6-4-5-7-15(12)24/h4-9,14H,10-11H2,1-3H3,(H2,25,26,27,28,29)/t14-/m1/s1. The van der Waals surface area contributed by atoms with Crippen LogP contribution < -0.4 is 25.1 Å². The van der Waals surface area contributed by atoms with Gasteiger partial charge in [-0.3, -0.25) is 9.59 Å². The maximum absolute atomic E-state index is 13.9. The van der Waals surface area contributed by atoms with Gasteiger partial charge in [-0.1, -0.05) is 30.0 Å². The lowest BCUT2D eigenvalue weighted by Gasteiger charge is -2.25. The van der Waals surface area contributed by atoms with E-state index in [2.05, 4.69) is 15.3 Å². The first-order valence-electron chi connectivity index (χ1n) is 10.0. The van der Waals surface area contributed by atoms with Gasteiger partial charge in [0, 0.05) is 18.1 Å². The Labute approximate surface area is 193 Å². The number of ether oxygens (including phenoxy) is 3. The molecule has 1 aliphatic rings. The Morgan fingerprint density at radius 3 is 2.42 bits per heavy atom. The Morgan fingerprint density at radius 2 is 1.79 bits per heavy atom. The molecule has 33 heavy (non-hydrogen) atoms. The molecule has 4 rings (SSSR count). The van der Waals surface area contributed by atoms with Crippen LogP contribution in [0.5, 0.6) is 17.2 Å². The third-order valence-electron chi connectivity index (χ3n) is 5.34. The summed E-state index contributed by atoms with van der Waals surface area (Å²) >= 11 is 1.18. The van der Waals surface area contributed by atoms with Gasteiger partial charge in [0.15, 0.2) is 16.7 Å². The lowest BCUT2D eigenvalue weighted by atomic mass is 9.86. The van der Waals surface area contributed by atoms with Gasteiger partial charge in [0.05, 0.1) is 26.9 Å². The number of fused-ring (bicyclic) bond motifs is 1. The summed E-state index contributed by atoms with van der Waals surface area (Å²) in [7, 11) is 4.49. The van der Waals surface area contributed by atoms with Gasteiger partial charge >= 0.3 is 0 Å². The normalized spacial score (nSPS) is 14.9. The number of carbonyl (C=O) groups is 1. The van der Waals surface area contributed by atoms with Crippen LogP contribution in [0, 0.1) is 5.82 Å². The third kappa shape index (κ3) is 4.51. The quantitative estimate of drug-likeness (QED) is 0.400. The number of halogens is 1. The zero-order chi connectivity index (χ0) is 23.5. The van der Waals surface area contributed by atoms with Gasteiger partial charge in [-0.15, -0.1) is 0 Å². The molecule has 0 saturated heterocycles. The van der Waals surface area contributed by atoms with E-state index in [1.54, 1.807) is 30.3 Å². The average Bonchev–Trinajstić information content (AvgIpc) is 2.81. The Bertz CT molecular complexity index is 1240. The van der Waals surface area contributed by atoms with Crippen molar-refractivity contribution in [3.05, 3.63) is 69.3 Å². The smallest absolute Gasteiger partial charge is 0.257 e. The molecule has 3 aromatic rings. The number of thioether (sulfide) groups is 1. The maximum atomic E-state index is 13.9. The first-order valence-corrected chi connectivity index (χ1v) is 11.0. The van der Waals surface area contributed by atoms with Crippen molar-refractivity contribution in [1.29, 1.82) is 0 Å². The molecule has 0 unspecified atom stereocenters. The Morgan fingerprint density at radius 1 is 1.09 bits per heavy atom. The fourth-order valence-corrected chi connectivity index (χ4v) is 4.61. The summed E-state index contributed by atoms with van der Waals surface area (Å²) in [5.74, 6) is 0.538. The zero-order valence-corrected chi connectivity index (χ0v) is 19.0. The average molecular weight is 472 g/mol. The number of hydrogen-bond acceptors (Lipinski definition) is 7. The van der Waals surface area contributed by atoms with Crippen LogP contribution >= 0.6 is 11.8 Å². The molecule has 1 amide bonds. The van der Waals surface area contributed by atoms with Crippen LogP contribution in [0.4, 0.5) is 10.2 Å². The molecule has 1 atom stereocenters. The highest BCUT2D eigenvalue weighted by Gasteiger charge is 2.32. The van der Waals surface area contributed by atoms with Crippen molar-refractivity contribution in [2.45, 2.75) is 23.2 Å². The number of carbonyl (C=O) groups excluding carboxylic acids is 1. The fraction of sp³-hybridized carbons (Fsp3) is 0.261. The SMILES string of the molecule is COc1cc([C@H]2CC(=O)Nc3nc(SCc4ccccc4F)[nH]c(=O)c32)cc(OC)c1OC. The van der Waals surface area contributed by atoms with E-state index < -0.39 is 5.92 Å². The summed E-state index contributed by atoms with van der Waals surface area (Å²) in [6.07, 6.45) is 0.0537. The predicted octanol–water partition coefficient (Wildman–Crippen LogP) is 3.70. The minimum atomic E-state index is -0.565. The highest BCUT2D eigenvalue weighted by atomic mass is 32.2. The van der Waals surface area contributed by atoms with Gasteiger partial charge in [-0.25, -0.2) is 9.37 Å². The maximum Gasteiger partial charge on any atom is 0.257 e. The van der Waals surface area contributed by atoms with Crippen molar-refractivity contribution in [2.24, 2.45) is 0 Å². The number of nitrogens with one attached hydrogen (secondary N) is 2. The van der Waals surface area contributed by atoms with Crippen molar-refractivity contribution in [3.63, 3.8) is 0 Å². The molecule has 0 radical (unpaired) electrons. The lowest BCUT2D eigenvalue weighted by molar-refractivity contribution is -0.116. The van der Waals surface area contributed by atoms with E-state index in [9.17, 15) is 14.0 Å². The Balaban J connectivity index is 1.72. The molecule has 10 heteroatoms. The lowest BCUT2D eigenvalue weighted by Crippen LogP contribution is -2.31. The van der Waals surface area contributed by atoms with Crippen LogP contribution in [0.3, 0.4) is 0 Å². The molecule has 2 aromatic carbocycles. The number of anilines is 1. The third-order valence-corrected chi connectivity index (χ3v) is 6.26. The Kier molecular flexibility index (Phi) is 6.55. The van der Waals surface area contributed by atoms with Gasteiger partial charge in [-0.2, -0.15) is 0 Å². The van der Waals surface area contributed by atoms with E-state index in [-0.39, 0.29) is 40.4 Å². The first-order chi connectivity index (χ1) is 15.9. The van der Waals surface area contributed by atoms with Crippen LogP contribution in [-0.2, 0) is 10.5 Å². The molecular formula is C23H22FN3O5S. The summed E-state index contributed by atoms with van der Waals surface area (Å²) in [6.45, 7) is 0. The van der Waals surface area contributed by atoms with Crippen LogP contribution in [0.2, 0.25) is 0 Å². The van der Waals surface area contributed by atoms with E-state index >= 15 is 0 Å². The van der Waals surface area contributed by atoms with Crippen molar-refractivity contribution >= 4 is 23.5 Å². The molecule has 1 aromatic heterocycles. The van der Waals surface area contributed by atoms with Crippen LogP contribution in [0.1, 0.15) is 29.0 Å². The summed E-state index contributed by atoms with van der Waals surface area (Å²) < 4.78 is 30.1. The number of benzene rings is 2. The van der Waals surface area contributed by atoms with Crippen LogP contribution in [0.25, 0.3) is 0 Å². The number of amides is 1. The molecule has 2 N–H and O–H groups in total. The number of aromatic nitrogens is 2. The second kappa shape index (κ2) is 9.53. The number of rotatable bonds is 7. The molecule has 0 aliphatic carbocycles. The molecule has 0 fully saturated rings. The zero-order valence-electron chi connectivity index (χ0n) is 18.2. The van der Waals surface area contributed by atoms with Crippen LogP contribution in [0.15, 0.2) is 46.3 Å². The predicted molar refractivity (Wildman–Crippen MR) is 122 cm³/mol. The minimum Gasteiger partial charge on any atom is -0.493 e. The molecule has 1 aliphatic heterocycles. The molecule has 0 bridgehead atoms. The van der Waals surface area contributed by atoms with E-state index in [1.165, 1.54) is 39.2 Å². The van der Waals surface area contributed by atoms with Gasteiger partial charge in [0.1, 0.15) is 11.6 Å². The summed E-state index contributed by atoms with van der Waals surface area (Å²) in [5, 5.41) is 2.97. The molecular weight excluding hydrogens is 449 g/mol. The van der Waals surface area contributed by atoms with Crippen molar-refractivity contribution in [3.8, 4) is 17.2 Å².